The largest absolute Gasteiger partial charge is 0.325 e. The number of hydrogen-bond donors (Lipinski definition) is 1. The lowest BCUT2D eigenvalue weighted by Gasteiger charge is -2.40. The first-order valence-corrected chi connectivity index (χ1v) is 8.86. The number of unbranched alkanes of at least 4 members (excludes halogenated alkanes) is 6. The Hall–Kier alpha value is -0.0400. The van der Waals surface area contributed by atoms with Crippen LogP contribution < -0.4 is 5.73 Å². The fourth-order valence-corrected chi connectivity index (χ4v) is 3.67. The van der Waals surface area contributed by atoms with Gasteiger partial charge < -0.3 is 5.73 Å². The molecule has 1 aliphatic rings. The van der Waals surface area contributed by atoms with Gasteiger partial charge in [-0.15, -0.1) is 0 Å². The van der Waals surface area contributed by atoms with Crippen molar-refractivity contribution in [2.75, 3.05) is 0 Å². The Labute approximate surface area is 121 Å². The molecular weight excluding hydrogens is 230 g/mol. The van der Waals surface area contributed by atoms with Crippen molar-refractivity contribution in [3.63, 3.8) is 0 Å². The fourth-order valence-electron chi connectivity index (χ4n) is 3.67. The Morgan fingerprint density at radius 3 is 2.32 bits per heavy atom. The molecule has 1 heteroatoms. The molecule has 2 atom stereocenters. The lowest BCUT2D eigenvalue weighted by atomic mass is 9.70. The van der Waals surface area contributed by atoms with Crippen molar-refractivity contribution in [2.24, 2.45) is 17.6 Å². The number of nitrogens with two attached hydrogens (primary N) is 1. The van der Waals surface area contributed by atoms with Gasteiger partial charge in [0.05, 0.1) is 0 Å². The third-order valence-corrected chi connectivity index (χ3v) is 5.14. The second-order valence-corrected chi connectivity index (χ2v) is 7.33. The summed E-state index contributed by atoms with van der Waals surface area (Å²) < 4.78 is 0. The average Bonchev–Trinajstić information content (AvgIpc) is 2.37. The molecule has 1 saturated carbocycles. The molecule has 114 valence electrons. The maximum absolute atomic E-state index is 6.65. The van der Waals surface area contributed by atoms with Gasteiger partial charge in [-0.1, -0.05) is 78.6 Å². The molecule has 0 aromatic rings. The monoisotopic (exact) mass is 267 g/mol. The van der Waals surface area contributed by atoms with E-state index in [-0.39, 0.29) is 5.54 Å². The van der Waals surface area contributed by atoms with E-state index in [2.05, 4.69) is 20.8 Å². The molecule has 1 rings (SSSR count). The summed E-state index contributed by atoms with van der Waals surface area (Å²) in [7, 11) is 0. The zero-order valence-corrected chi connectivity index (χ0v) is 13.7. The van der Waals surface area contributed by atoms with Crippen molar-refractivity contribution in [3.05, 3.63) is 0 Å². The van der Waals surface area contributed by atoms with Crippen LogP contribution in [0.25, 0.3) is 0 Å². The maximum Gasteiger partial charge on any atom is 0.0157 e. The van der Waals surface area contributed by atoms with Crippen LogP contribution in [0.15, 0.2) is 0 Å². The third-order valence-electron chi connectivity index (χ3n) is 5.14. The van der Waals surface area contributed by atoms with Crippen molar-refractivity contribution < 1.29 is 0 Å². The minimum atomic E-state index is 0.177. The van der Waals surface area contributed by atoms with Crippen molar-refractivity contribution in [2.45, 2.75) is 103 Å². The van der Waals surface area contributed by atoms with Gasteiger partial charge in [-0.2, -0.15) is 0 Å². The Morgan fingerprint density at radius 1 is 1.05 bits per heavy atom. The van der Waals surface area contributed by atoms with E-state index < -0.39 is 0 Å². The van der Waals surface area contributed by atoms with Crippen LogP contribution in [-0.4, -0.2) is 5.54 Å². The average molecular weight is 268 g/mol. The van der Waals surface area contributed by atoms with Crippen LogP contribution in [0.2, 0.25) is 0 Å². The van der Waals surface area contributed by atoms with Gasteiger partial charge >= 0.3 is 0 Å². The predicted octanol–water partition coefficient (Wildman–Crippen LogP) is 5.67. The molecule has 0 bridgehead atoms. The first kappa shape index (κ1) is 17.0. The molecule has 0 saturated heterocycles. The molecule has 0 spiro atoms. The minimum absolute atomic E-state index is 0.177. The molecule has 1 aliphatic carbocycles. The van der Waals surface area contributed by atoms with Crippen LogP contribution in [0.3, 0.4) is 0 Å². The lowest BCUT2D eigenvalue weighted by molar-refractivity contribution is 0.171. The van der Waals surface area contributed by atoms with Gasteiger partial charge in [-0.3, -0.25) is 0 Å². The number of rotatable bonds is 9. The standard InChI is InChI=1S/C18H37N/c1-4-5-6-7-8-9-10-13-18(19)14-11-12-17(15-18)16(2)3/h16-17H,4-15,19H2,1-3H3. The molecule has 1 nitrogen and oxygen atoms in total. The minimum Gasteiger partial charge on any atom is -0.325 e. The molecule has 0 aromatic heterocycles. The number of hydrogen-bond acceptors (Lipinski definition) is 1. The van der Waals surface area contributed by atoms with Crippen LogP contribution in [-0.2, 0) is 0 Å². The van der Waals surface area contributed by atoms with Crippen LogP contribution >= 0.6 is 0 Å². The van der Waals surface area contributed by atoms with E-state index in [9.17, 15) is 0 Å². The molecule has 0 aromatic carbocycles. The molecule has 2 N–H and O–H groups in total. The summed E-state index contributed by atoms with van der Waals surface area (Å²) in [6, 6.07) is 0. The first-order valence-electron chi connectivity index (χ1n) is 8.86. The van der Waals surface area contributed by atoms with E-state index in [4.69, 9.17) is 5.73 Å². The molecule has 19 heavy (non-hydrogen) atoms. The van der Waals surface area contributed by atoms with Gasteiger partial charge in [-0.05, 0) is 31.1 Å². The quantitative estimate of drug-likeness (QED) is 0.535. The van der Waals surface area contributed by atoms with Crippen LogP contribution in [0, 0.1) is 11.8 Å². The molecule has 0 radical (unpaired) electrons. The molecule has 0 aliphatic heterocycles. The van der Waals surface area contributed by atoms with E-state index >= 15 is 0 Å². The Kier molecular flexibility index (Phi) is 8.06. The topological polar surface area (TPSA) is 26.0 Å². The van der Waals surface area contributed by atoms with Crippen molar-refractivity contribution in [1.82, 2.24) is 0 Å². The zero-order valence-electron chi connectivity index (χ0n) is 13.7. The van der Waals surface area contributed by atoms with E-state index in [0.29, 0.717) is 0 Å². The van der Waals surface area contributed by atoms with E-state index in [1.807, 2.05) is 0 Å². The first-order chi connectivity index (χ1) is 9.07. The third kappa shape index (κ3) is 6.79. The summed E-state index contributed by atoms with van der Waals surface area (Å²) in [6.07, 6.45) is 16.4. The van der Waals surface area contributed by atoms with E-state index in [0.717, 1.165) is 11.8 Å². The highest BCUT2D eigenvalue weighted by atomic mass is 14.7. The fraction of sp³-hybridized carbons (Fsp3) is 1.00. The lowest BCUT2D eigenvalue weighted by Crippen LogP contribution is -2.45. The maximum atomic E-state index is 6.65. The zero-order chi connectivity index (χ0) is 14.1. The van der Waals surface area contributed by atoms with E-state index in [1.54, 1.807) is 0 Å². The Morgan fingerprint density at radius 2 is 1.68 bits per heavy atom. The van der Waals surface area contributed by atoms with Gasteiger partial charge in [0.15, 0.2) is 0 Å². The van der Waals surface area contributed by atoms with Gasteiger partial charge in [0.2, 0.25) is 0 Å². The highest BCUT2D eigenvalue weighted by Crippen LogP contribution is 2.37. The summed E-state index contributed by atoms with van der Waals surface area (Å²) in [5.74, 6) is 1.69. The van der Waals surface area contributed by atoms with Gasteiger partial charge in [0, 0.05) is 5.54 Å². The summed E-state index contributed by atoms with van der Waals surface area (Å²) in [6.45, 7) is 7.01. The molecule has 0 heterocycles. The smallest absolute Gasteiger partial charge is 0.0157 e. The summed E-state index contributed by atoms with van der Waals surface area (Å²) in [5, 5.41) is 0. The van der Waals surface area contributed by atoms with Gasteiger partial charge in [0.25, 0.3) is 0 Å². The second-order valence-electron chi connectivity index (χ2n) is 7.33. The SMILES string of the molecule is CCCCCCCCCC1(N)CCCC(C(C)C)C1. The van der Waals surface area contributed by atoms with Crippen LogP contribution in [0.5, 0.6) is 0 Å². The van der Waals surface area contributed by atoms with Gasteiger partial charge in [0.1, 0.15) is 0 Å². The second kappa shape index (κ2) is 9.00. The van der Waals surface area contributed by atoms with Gasteiger partial charge in [-0.25, -0.2) is 0 Å². The van der Waals surface area contributed by atoms with Crippen LogP contribution in [0.1, 0.15) is 97.8 Å². The summed E-state index contributed by atoms with van der Waals surface area (Å²) >= 11 is 0. The molecule has 2 unspecified atom stereocenters. The van der Waals surface area contributed by atoms with Crippen molar-refractivity contribution in [1.29, 1.82) is 0 Å². The summed E-state index contributed by atoms with van der Waals surface area (Å²) in [4.78, 5) is 0. The molecule has 1 fully saturated rings. The van der Waals surface area contributed by atoms with Crippen molar-refractivity contribution in [3.8, 4) is 0 Å². The summed E-state index contributed by atoms with van der Waals surface area (Å²) in [5.41, 5.74) is 6.83. The van der Waals surface area contributed by atoms with Crippen molar-refractivity contribution >= 4 is 0 Å². The predicted molar refractivity (Wildman–Crippen MR) is 86.3 cm³/mol. The normalized spacial score (nSPS) is 27.9. The molecular formula is C18H37N. The highest BCUT2D eigenvalue weighted by Gasteiger charge is 2.33. The molecule has 0 amide bonds. The van der Waals surface area contributed by atoms with E-state index in [1.165, 1.54) is 77.0 Å². The Balaban J connectivity index is 2.13. The van der Waals surface area contributed by atoms with Crippen LogP contribution in [0.4, 0.5) is 0 Å². The highest BCUT2D eigenvalue weighted by molar-refractivity contribution is 4.91. The Bertz CT molecular complexity index is 224.